The summed E-state index contributed by atoms with van der Waals surface area (Å²) in [6.45, 7) is 3.48. The van der Waals surface area contributed by atoms with Crippen molar-refractivity contribution >= 4 is 33.2 Å². The number of ether oxygens (including phenoxy) is 1. The summed E-state index contributed by atoms with van der Waals surface area (Å²) < 4.78 is 30.5. The zero-order chi connectivity index (χ0) is 20.2. The van der Waals surface area contributed by atoms with E-state index in [9.17, 15) is 13.2 Å². The monoisotopic (exact) mass is 410 g/mol. The molecular weight excluding hydrogens is 388 g/mol. The van der Waals surface area contributed by atoms with Gasteiger partial charge in [-0.3, -0.25) is 9.10 Å². The van der Waals surface area contributed by atoms with Crippen LogP contribution >= 0.6 is 11.6 Å². The first-order valence-electron chi connectivity index (χ1n) is 8.29. The molecule has 0 saturated carbocycles. The summed E-state index contributed by atoms with van der Waals surface area (Å²) in [6.07, 6.45) is 1.04. The number of methoxy groups -OCH3 is 1. The molecule has 0 unspecified atom stereocenters. The predicted molar refractivity (Wildman–Crippen MR) is 108 cm³/mol. The van der Waals surface area contributed by atoms with Gasteiger partial charge in [0.25, 0.3) is 0 Å². The number of nitrogens with one attached hydrogen (secondary N) is 1. The Hall–Kier alpha value is -2.25. The van der Waals surface area contributed by atoms with Crippen LogP contribution in [0.1, 0.15) is 24.1 Å². The second-order valence-corrected chi connectivity index (χ2v) is 8.60. The topological polar surface area (TPSA) is 75.7 Å². The molecule has 0 radical (unpaired) electrons. The Kier molecular flexibility index (Phi) is 6.73. The normalized spacial score (nSPS) is 12.3. The van der Waals surface area contributed by atoms with E-state index < -0.39 is 15.9 Å². The Bertz CT molecular complexity index is 914. The minimum absolute atomic E-state index is 0.251. The van der Waals surface area contributed by atoms with E-state index in [-0.39, 0.29) is 17.6 Å². The first kappa shape index (κ1) is 21.1. The molecule has 0 saturated heterocycles. The van der Waals surface area contributed by atoms with Crippen molar-refractivity contribution in [3.63, 3.8) is 0 Å². The number of aryl methyl sites for hydroxylation is 1. The quantitative estimate of drug-likeness (QED) is 0.759. The first-order chi connectivity index (χ1) is 12.6. The number of rotatable bonds is 7. The van der Waals surface area contributed by atoms with Gasteiger partial charge in [-0.25, -0.2) is 8.42 Å². The number of sulfonamides is 1. The SMILES string of the molecule is COc1ccc(N(CC(=O)N[C@H](C)c2ccc(C)cc2)S(C)(=O)=O)cc1Cl. The lowest BCUT2D eigenvalue weighted by Crippen LogP contribution is -2.41. The van der Waals surface area contributed by atoms with Crippen LogP contribution in [0.15, 0.2) is 42.5 Å². The van der Waals surface area contributed by atoms with Gasteiger partial charge in [-0.15, -0.1) is 0 Å². The van der Waals surface area contributed by atoms with E-state index in [1.165, 1.54) is 13.2 Å². The van der Waals surface area contributed by atoms with Gasteiger partial charge in [-0.2, -0.15) is 0 Å². The number of hydrogen-bond donors (Lipinski definition) is 1. The molecule has 0 aromatic heterocycles. The maximum Gasteiger partial charge on any atom is 0.241 e. The first-order valence-corrected chi connectivity index (χ1v) is 10.5. The van der Waals surface area contributed by atoms with Gasteiger partial charge >= 0.3 is 0 Å². The van der Waals surface area contributed by atoms with Crippen LogP contribution in [-0.2, 0) is 14.8 Å². The largest absolute Gasteiger partial charge is 0.495 e. The van der Waals surface area contributed by atoms with Crippen LogP contribution in [0.25, 0.3) is 0 Å². The molecule has 1 N–H and O–H groups in total. The maximum absolute atomic E-state index is 12.5. The van der Waals surface area contributed by atoms with Gasteiger partial charge in [0, 0.05) is 0 Å². The molecule has 27 heavy (non-hydrogen) atoms. The highest BCUT2D eigenvalue weighted by Gasteiger charge is 2.22. The third-order valence-electron chi connectivity index (χ3n) is 4.07. The smallest absolute Gasteiger partial charge is 0.241 e. The molecule has 0 bridgehead atoms. The maximum atomic E-state index is 12.5. The van der Waals surface area contributed by atoms with Crippen LogP contribution in [0.4, 0.5) is 5.69 Å². The van der Waals surface area contributed by atoms with E-state index in [0.29, 0.717) is 11.4 Å². The van der Waals surface area contributed by atoms with E-state index >= 15 is 0 Å². The summed E-state index contributed by atoms with van der Waals surface area (Å²) in [6, 6.07) is 12.1. The van der Waals surface area contributed by atoms with Gasteiger partial charge in [0.05, 0.1) is 30.1 Å². The Morgan fingerprint density at radius 2 is 1.85 bits per heavy atom. The fraction of sp³-hybridized carbons (Fsp3) is 0.316. The van der Waals surface area contributed by atoms with Crippen molar-refractivity contribution in [2.24, 2.45) is 0 Å². The summed E-state index contributed by atoms with van der Waals surface area (Å²) >= 11 is 6.09. The number of nitrogens with zero attached hydrogens (tertiary/aromatic N) is 1. The molecule has 2 aromatic rings. The highest BCUT2D eigenvalue weighted by atomic mass is 35.5. The van der Waals surface area contributed by atoms with Crippen molar-refractivity contribution in [3.05, 3.63) is 58.6 Å². The highest BCUT2D eigenvalue weighted by molar-refractivity contribution is 7.92. The third-order valence-corrected chi connectivity index (χ3v) is 5.50. The Morgan fingerprint density at radius 3 is 2.37 bits per heavy atom. The Morgan fingerprint density at radius 1 is 1.22 bits per heavy atom. The predicted octanol–water partition coefficient (Wildman–Crippen LogP) is 3.30. The summed E-state index contributed by atoms with van der Waals surface area (Å²) in [4.78, 5) is 12.5. The van der Waals surface area contributed by atoms with E-state index in [4.69, 9.17) is 16.3 Å². The van der Waals surface area contributed by atoms with E-state index in [2.05, 4.69) is 5.32 Å². The molecule has 1 amide bonds. The number of anilines is 1. The molecule has 2 aromatic carbocycles. The van der Waals surface area contributed by atoms with Crippen molar-refractivity contribution in [2.75, 3.05) is 24.2 Å². The lowest BCUT2D eigenvalue weighted by atomic mass is 10.1. The molecule has 0 heterocycles. The third kappa shape index (κ3) is 5.61. The van der Waals surface area contributed by atoms with E-state index in [1.807, 2.05) is 38.1 Å². The average molecular weight is 411 g/mol. The van der Waals surface area contributed by atoms with Crippen molar-refractivity contribution in [1.82, 2.24) is 5.32 Å². The van der Waals surface area contributed by atoms with Gasteiger partial charge in [-0.1, -0.05) is 41.4 Å². The van der Waals surface area contributed by atoms with Crippen LogP contribution < -0.4 is 14.4 Å². The molecule has 0 fully saturated rings. The number of carbonyl (C=O) groups is 1. The zero-order valence-corrected chi connectivity index (χ0v) is 17.3. The fourth-order valence-corrected chi connectivity index (χ4v) is 3.67. The molecule has 0 aliphatic carbocycles. The van der Waals surface area contributed by atoms with E-state index in [1.54, 1.807) is 12.1 Å². The molecular formula is C19H23ClN2O4S. The number of hydrogen-bond acceptors (Lipinski definition) is 4. The molecule has 6 nitrogen and oxygen atoms in total. The van der Waals surface area contributed by atoms with Crippen LogP contribution in [0, 0.1) is 6.92 Å². The van der Waals surface area contributed by atoms with Gasteiger partial charge in [0.2, 0.25) is 15.9 Å². The van der Waals surface area contributed by atoms with Gasteiger partial charge in [-0.05, 0) is 37.6 Å². The summed E-state index contributed by atoms with van der Waals surface area (Å²) in [5.74, 6) is 0.00625. The second-order valence-electron chi connectivity index (χ2n) is 6.29. The van der Waals surface area contributed by atoms with Crippen LogP contribution in [0.2, 0.25) is 5.02 Å². The highest BCUT2D eigenvalue weighted by Crippen LogP contribution is 2.30. The summed E-state index contributed by atoms with van der Waals surface area (Å²) in [5.41, 5.74) is 2.35. The van der Waals surface area contributed by atoms with Crippen LogP contribution in [-0.4, -0.2) is 34.2 Å². The molecule has 2 rings (SSSR count). The van der Waals surface area contributed by atoms with Crippen molar-refractivity contribution in [1.29, 1.82) is 0 Å². The molecule has 0 aliphatic rings. The molecule has 0 aliphatic heterocycles. The Balaban J connectivity index is 2.17. The van der Waals surface area contributed by atoms with Crippen molar-refractivity contribution in [3.8, 4) is 5.75 Å². The van der Waals surface area contributed by atoms with Crippen molar-refractivity contribution in [2.45, 2.75) is 19.9 Å². The van der Waals surface area contributed by atoms with Crippen LogP contribution in [0.5, 0.6) is 5.75 Å². The van der Waals surface area contributed by atoms with Gasteiger partial charge < -0.3 is 10.1 Å². The molecule has 146 valence electrons. The second kappa shape index (κ2) is 8.63. The zero-order valence-electron chi connectivity index (χ0n) is 15.7. The number of carbonyl (C=O) groups excluding carboxylic acids is 1. The lowest BCUT2D eigenvalue weighted by Gasteiger charge is -2.23. The van der Waals surface area contributed by atoms with Crippen molar-refractivity contribution < 1.29 is 17.9 Å². The van der Waals surface area contributed by atoms with Crippen LogP contribution in [0.3, 0.4) is 0 Å². The molecule has 0 spiro atoms. The van der Waals surface area contributed by atoms with Gasteiger partial charge in [0.1, 0.15) is 12.3 Å². The minimum Gasteiger partial charge on any atom is -0.495 e. The Labute approximate surface area is 165 Å². The summed E-state index contributed by atoms with van der Waals surface area (Å²) in [5, 5.41) is 3.08. The lowest BCUT2D eigenvalue weighted by molar-refractivity contribution is -0.120. The number of benzene rings is 2. The van der Waals surface area contributed by atoms with Gasteiger partial charge in [0.15, 0.2) is 0 Å². The fourth-order valence-electron chi connectivity index (χ4n) is 2.57. The molecule has 8 heteroatoms. The number of halogens is 1. The number of amides is 1. The average Bonchev–Trinajstić information content (AvgIpc) is 2.59. The molecule has 1 atom stereocenters. The summed E-state index contributed by atoms with van der Waals surface area (Å²) in [7, 11) is -2.21. The standard InChI is InChI=1S/C19H23ClN2O4S/c1-13-5-7-15(8-6-13)14(2)21-19(23)12-22(27(4,24)25)16-9-10-18(26-3)17(20)11-16/h5-11,14H,12H2,1-4H3,(H,21,23)/t14-/m1/s1. The minimum atomic E-state index is -3.68. The van der Waals surface area contributed by atoms with E-state index in [0.717, 1.165) is 21.7 Å².